The Morgan fingerprint density at radius 2 is 2.00 bits per heavy atom. The summed E-state index contributed by atoms with van der Waals surface area (Å²) in [6.07, 6.45) is 6.38. The molecule has 100 valence electrons. The van der Waals surface area contributed by atoms with Crippen molar-refractivity contribution in [2.75, 3.05) is 5.73 Å². The van der Waals surface area contributed by atoms with E-state index in [-0.39, 0.29) is 0 Å². The smallest absolute Gasteiger partial charge is 0.183 e. The van der Waals surface area contributed by atoms with Crippen LogP contribution in [0.25, 0.3) is 11.4 Å². The van der Waals surface area contributed by atoms with Gasteiger partial charge in [0.15, 0.2) is 5.82 Å². The van der Waals surface area contributed by atoms with E-state index in [1.165, 1.54) is 32.1 Å². The van der Waals surface area contributed by atoms with Gasteiger partial charge < -0.3 is 5.73 Å². The summed E-state index contributed by atoms with van der Waals surface area (Å²) in [5, 5.41) is 7.45. The number of hydrogen-bond acceptors (Lipinski definition) is 3. The highest BCUT2D eigenvalue weighted by molar-refractivity contribution is 14.1. The molecule has 1 aromatic heterocycles. The van der Waals surface area contributed by atoms with E-state index in [9.17, 15) is 0 Å². The molecule has 1 aliphatic rings. The lowest BCUT2D eigenvalue weighted by Gasteiger charge is -2.18. The maximum atomic E-state index is 6.01. The average Bonchev–Trinajstić information content (AvgIpc) is 2.92. The second-order valence-corrected chi connectivity index (χ2v) is 6.36. The van der Waals surface area contributed by atoms with Gasteiger partial charge in [0, 0.05) is 20.7 Å². The number of halogens is 1. The molecule has 0 aliphatic heterocycles. The van der Waals surface area contributed by atoms with Gasteiger partial charge in [-0.2, -0.15) is 5.10 Å². The van der Waals surface area contributed by atoms with E-state index in [0.717, 1.165) is 26.5 Å². The van der Waals surface area contributed by atoms with Crippen LogP contribution in [-0.2, 0) is 0 Å². The van der Waals surface area contributed by atoms with Crippen molar-refractivity contribution in [3.63, 3.8) is 0 Å². The Morgan fingerprint density at radius 3 is 2.79 bits per heavy atom. The number of nitrogens with one attached hydrogen (secondary N) is 1. The highest BCUT2D eigenvalue weighted by Gasteiger charge is 2.20. The van der Waals surface area contributed by atoms with Crippen LogP contribution in [0.3, 0.4) is 0 Å². The molecule has 5 heteroatoms. The highest BCUT2D eigenvalue weighted by atomic mass is 127. The van der Waals surface area contributed by atoms with Gasteiger partial charge in [-0.25, -0.2) is 4.98 Å². The standard InChI is InChI=1S/C14H17IN4/c15-10-6-7-12(16)11(8-10)14-17-13(18-19-14)9-4-2-1-3-5-9/h6-9H,1-5,16H2,(H,17,18,19). The molecule has 0 amide bonds. The number of H-pyrrole nitrogens is 1. The molecule has 0 atom stereocenters. The molecule has 1 fully saturated rings. The number of aromatic nitrogens is 3. The van der Waals surface area contributed by atoms with Gasteiger partial charge in [-0.05, 0) is 53.6 Å². The number of rotatable bonds is 2. The summed E-state index contributed by atoms with van der Waals surface area (Å²) >= 11 is 2.28. The van der Waals surface area contributed by atoms with Crippen molar-refractivity contribution in [3.8, 4) is 11.4 Å². The molecule has 1 aromatic carbocycles. The third kappa shape index (κ3) is 2.75. The van der Waals surface area contributed by atoms with Crippen molar-refractivity contribution in [1.29, 1.82) is 0 Å². The Hall–Kier alpha value is -1.11. The first-order valence-electron chi connectivity index (χ1n) is 6.72. The maximum Gasteiger partial charge on any atom is 0.183 e. The monoisotopic (exact) mass is 368 g/mol. The average molecular weight is 368 g/mol. The van der Waals surface area contributed by atoms with Crippen LogP contribution in [0, 0.1) is 3.57 Å². The van der Waals surface area contributed by atoms with Crippen LogP contribution in [0.5, 0.6) is 0 Å². The zero-order valence-electron chi connectivity index (χ0n) is 10.7. The number of hydrogen-bond donors (Lipinski definition) is 2. The lowest BCUT2D eigenvalue weighted by atomic mass is 9.89. The summed E-state index contributed by atoms with van der Waals surface area (Å²) in [5.74, 6) is 2.28. The molecule has 0 saturated heterocycles. The summed E-state index contributed by atoms with van der Waals surface area (Å²) < 4.78 is 1.14. The van der Waals surface area contributed by atoms with E-state index in [1.807, 2.05) is 18.2 Å². The summed E-state index contributed by atoms with van der Waals surface area (Å²) in [4.78, 5) is 4.66. The Kier molecular flexibility index (Phi) is 3.72. The molecular weight excluding hydrogens is 351 g/mol. The predicted molar refractivity (Wildman–Crippen MR) is 84.8 cm³/mol. The van der Waals surface area contributed by atoms with Crippen molar-refractivity contribution in [1.82, 2.24) is 15.2 Å². The first kappa shape index (κ1) is 12.9. The molecule has 1 heterocycles. The van der Waals surface area contributed by atoms with E-state index in [0.29, 0.717) is 5.92 Å². The number of nitrogens with two attached hydrogens (primary N) is 1. The highest BCUT2D eigenvalue weighted by Crippen LogP contribution is 2.32. The van der Waals surface area contributed by atoms with Gasteiger partial charge in [-0.3, -0.25) is 5.10 Å². The molecule has 0 radical (unpaired) electrons. The van der Waals surface area contributed by atoms with E-state index in [1.54, 1.807) is 0 Å². The van der Waals surface area contributed by atoms with Gasteiger partial charge in [0.05, 0.1) is 0 Å². The maximum absolute atomic E-state index is 6.01. The lowest BCUT2D eigenvalue weighted by Crippen LogP contribution is -2.06. The topological polar surface area (TPSA) is 67.6 Å². The van der Waals surface area contributed by atoms with Gasteiger partial charge in [-0.15, -0.1) is 0 Å². The van der Waals surface area contributed by atoms with Crippen molar-refractivity contribution >= 4 is 28.3 Å². The van der Waals surface area contributed by atoms with Crippen molar-refractivity contribution < 1.29 is 0 Å². The summed E-state index contributed by atoms with van der Waals surface area (Å²) in [7, 11) is 0. The number of benzene rings is 1. The molecule has 1 saturated carbocycles. The molecular formula is C14H17IN4. The minimum absolute atomic E-state index is 0.541. The van der Waals surface area contributed by atoms with Gasteiger partial charge in [0.25, 0.3) is 0 Å². The minimum Gasteiger partial charge on any atom is -0.398 e. The Morgan fingerprint density at radius 1 is 1.21 bits per heavy atom. The fourth-order valence-corrected chi connectivity index (χ4v) is 3.17. The minimum atomic E-state index is 0.541. The van der Waals surface area contributed by atoms with E-state index < -0.39 is 0 Å². The van der Waals surface area contributed by atoms with E-state index in [2.05, 4.69) is 37.8 Å². The van der Waals surface area contributed by atoms with E-state index in [4.69, 9.17) is 5.73 Å². The summed E-state index contributed by atoms with van der Waals surface area (Å²) in [6, 6.07) is 5.94. The molecule has 0 unspecified atom stereocenters. The third-order valence-corrected chi connectivity index (χ3v) is 4.42. The van der Waals surface area contributed by atoms with Gasteiger partial charge in [0.1, 0.15) is 5.82 Å². The van der Waals surface area contributed by atoms with Gasteiger partial charge in [0.2, 0.25) is 0 Å². The van der Waals surface area contributed by atoms with Crippen LogP contribution in [0.2, 0.25) is 0 Å². The molecule has 19 heavy (non-hydrogen) atoms. The Labute approximate surface area is 126 Å². The van der Waals surface area contributed by atoms with Gasteiger partial charge >= 0.3 is 0 Å². The van der Waals surface area contributed by atoms with Crippen LogP contribution in [-0.4, -0.2) is 15.2 Å². The first-order chi connectivity index (χ1) is 9.24. The Bertz CT molecular complexity index is 573. The fourth-order valence-electron chi connectivity index (χ4n) is 2.68. The second kappa shape index (κ2) is 5.48. The molecule has 3 rings (SSSR count). The van der Waals surface area contributed by atoms with Crippen molar-refractivity contribution in [3.05, 3.63) is 27.6 Å². The molecule has 3 N–H and O–H groups in total. The quantitative estimate of drug-likeness (QED) is 0.627. The van der Waals surface area contributed by atoms with Crippen molar-refractivity contribution in [2.45, 2.75) is 38.0 Å². The second-order valence-electron chi connectivity index (χ2n) is 5.11. The fraction of sp³-hybridized carbons (Fsp3) is 0.429. The summed E-state index contributed by atoms with van der Waals surface area (Å²) in [6.45, 7) is 0. The Balaban J connectivity index is 1.89. The molecule has 1 aliphatic carbocycles. The SMILES string of the molecule is Nc1ccc(I)cc1-c1n[nH]c(C2CCCCC2)n1. The van der Waals surface area contributed by atoms with Crippen LogP contribution in [0.4, 0.5) is 5.69 Å². The van der Waals surface area contributed by atoms with Gasteiger partial charge in [-0.1, -0.05) is 19.3 Å². The molecule has 4 nitrogen and oxygen atoms in total. The predicted octanol–water partition coefficient (Wildman–Crippen LogP) is 3.71. The zero-order valence-corrected chi connectivity index (χ0v) is 12.9. The van der Waals surface area contributed by atoms with Crippen molar-refractivity contribution in [2.24, 2.45) is 0 Å². The van der Waals surface area contributed by atoms with Crippen LogP contribution >= 0.6 is 22.6 Å². The molecule has 0 spiro atoms. The lowest BCUT2D eigenvalue weighted by molar-refractivity contribution is 0.429. The number of nitrogen functional groups attached to an aromatic ring is 1. The van der Waals surface area contributed by atoms with Crippen LogP contribution < -0.4 is 5.73 Å². The number of nitrogens with zero attached hydrogens (tertiary/aromatic N) is 2. The molecule has 2 aromatic rings. The van der Waals surface area contributed by atoms with Crippen LogP contribution in [0.15, 0.2) is 18.2 Å². The normalized spacial score (nSPS) is 16.7. The zero-order chi connectivity index (χ0) is 13.2. The van der Waals surface area contributed by atoms with E-state index >= 15 is 0 Å². The number of anilines is 1. The largest absolute Gasteiger partial charge is 0.398 e. The number of aromatic amines is 1. The molecule has 0 bridgehead atoms. The summed E-state index contributed by atoms with van der Waals surface area (Å²) in [5.41, 5.74) is 7.66. The van der Waals surface area contributed by atoms with Crippen LogP contribution in [0.1, 0.15) is 43.8 Å². The first-order valence-corrected chi connectivity index (χ1v) is 7.79. The third-order valence-electron chi connectivity index (χ3n) is 3.75.